The molecule has 1 aliphatic carbocycles. The molecule has 2 radical (unpaired) electrons. The van der Waals surface area contributed by atoms with Crippen LogP contribution in [-0.2, 0) is 4.74 Å². The van der Waals surface area contributed by atoms with E-state index in [1.54, 1.807) is 0 Å². The largest absolute Gasteiger partial charge is 0.444 e. The Hall–Kier alpha value is -1.98. The first-order valence-corrected chi connectivity index (χ1v) is 8.58. The maximum atomic E-state index is 12.7. The second kappa shape index (κ2) is 5.26. The number of carbonyl (C=O) groups is 1. The molecular weight excluding hydrogens is 301 g/mol. The van der Waals surface area contributed by atoms with E-state index in [4.69, 9.17) is 17.6 Å². The van der Waals surface area contributed by atoms with Gasteiger partial charge in [-0.3, -0.25) is 4.90 Å². The molecule has 2 fully saturated rings. The fourth-order valence-electron chi connectivity index (χ4n) is 4.10. The van der Waals surface area contributed by atoms with Gasteiger partial charge in [-0.15, -0.1) is 0 Å². The zero-order chi connectivity index (χ0) is 17.1. The predicted molar refractivity (Wildman–Crippen MR) is 93.4 cm³/mol. The van der Waals surface area contributed by atoms with Crippen molar-refractivity contribution in [3.05, 3.63) is 24.0 Å². The lowest BCUT2D eigenvalue weighted by molar-refractivity contribution is 0.00623. The number of aromatic nitrogens is 2. The standard InChI is InChI=1S/C18H22BN3O2/c1-18(2,3)24-17(23)22-12-6-4-10(8-12)15(22)16-20-13-7-5-11(19)9-14(13)21-16/h5,7,9-10,12,15H,4,6,8H2,1-3H3,(H,20,21)/t10-,12+,15-/m0/s1. The second-order valence-corrected chi connectivity index (χ2v) is 7.96. The van der Waals surface area contributed by atoms with E-state index in [1.165, 1.54) is 0 Å². The molecule has 2 aliphatic rings. The highest BCUT2D eigenvalue weighted by molar-refractivity contribution is 6.33. The van der Waals surface area contributed by atoms with Gasteiger partial charge in [-0.2, -0.15) is 0 Å². The third-order valence-corrected chi connectivity index (χ3v) is 4.99. The summed E-state index contributed by atoms with van der Waals surface area (Å²) in [5, 5.41) is 0. The van der Waals surface area contributed by atoms with Gasteiger partial charge in [0.1, 0.15) is 19.3 Å². The van der Waals surface area contributed by atoms with Crippen molar-refractivity contribution >= 4 is 30.4 Å². The molecule has 2 heterocycles. The summed E-state index contributed by atoms with van der Waals surface area (Å²) in [4.78, 5) is 22.7. The molecular formula is C18H22BN3O2. The molecule has 1 saturated carbocycles. The lowest BCUT2D eigenvalue weighted by Gasteiger charge is -2.35. The molecule has 0 unspecified atom stereocenters. The number of nitrogens with zero attached hydrogens (tertiary/aromatic N) is 2. The van der Waals surface area contributed by atoms with E-state index in [0.29, 0.717) is 11.4 Å². The molecule has 2 aromatic rings. The molecule has 5 nitrogen and oxygen atoms in total. The zero-order valence-corrected chi connectivity index (χ0v) is 14.4. The number of imidazole rings is 1. The summed E-state index contributed by atoms with van der Waals surface area (Å²) in [6.45, 7) is 5.70. The van der Waals surface area contributed by atoms with Gasteiger partial charge in [-0.05, 0) is 58.1 Å². The fraction of sp³-hybridized carbons (Fsp3) is 0.556. The fourth-order valence-corrected chi connectivity index (χ4v) is 4.10. The Morgan fingerprint density at radius 3 is 2.92 bits per heavy atom. The van der Waals surface area contributed by atoms with Crippen LogP contribution in [0.25, 0.3) is 11.0 Å². The van der Waals surface area contributed by atoms with Crippen LogP contribution >= 0.6 is 0 Å². The average molecular weight is 323 g/mol. The lowest BCUT2D eigenvalue weighted by Crippen LogP contribution is -2.43. The van der Waals surface area contributed by atoms with Gasteiger partial charge in [0.15, 0.2) is 0 Å². The zero-order valence-electron chi connectivity index (χ0n) is 14.4. The van der Waals surface area contributed by atoms with Crippen LogP contribution in [0.2, 0.25) is 0 Å². The average Bonchev–Trinajstić information content (AvgIpc) is 3.17. The molecule has 6 heteroatoms. The molecule has 2 bridgehead atoms. The van der Waals surface area contributed by atoms with Crippen molar-refractivity contribution in [3.63, 3.8) is 0 Å². The number of H-pyrrole nitrogens is 1. The molecule has 1 amide bonds. The van der Waals surface area contributed by atoms with Gasteiger partial charge >= 0.3 is 6.09 Å². The van der Waals surface area contributed by atoms with Crippen molar-refractivity contribution in [1.82, 2.24) is 14.9 Å². The van der Waals surface area contributed by atoms with Crippen LogP contribution in [0.3, 0.4) is 0 Å². The molecule has 3 atom stereocenters. The van der Waals surface area contributed by atoms with Crippen molar-refractivity contribution in [2.45, 2.75) is 57.7 Å². The van der Waals surface area contributed by atoms with Crippen molar-refractivity contribution < 1.29 is 9.53 Å². The summed E-state index contributed by atoms with van der Waals surface area (Å²) in [6, 6.07) is 5.87. The molecule has 0 spiro atoms. The lowest BCUT2D eigenvalue weighted by atomic mass is 9.96. The minimum atomic E-state index is -0.494. The summed E-state index contributed by atoms with van der Waals surface area (Å²) in [5.41, 5.74) is 2.00. The number of nitrogens with one attached hydrogen (secondary N) is 1. The van der Waals surface area contributed by atoms with Crippen molar-refractivity contribution in [2.75, 3.05) is 0 Å². The number of likely N-dealkylation sites (tertiary alicyclic amines) is 1. The SMILES string of the molecule is [B]c1ccc2nc([C@@H]3[C@H]4CC[C@H](C4)N3C(=O)OC(C)(C)C)[nH]c2c1. The third kappa shape index (κ3) is 2.58. The predicted octanol–water partition coefficient (Wildman–Crippen LogP) is 2.82. The number of rotatable bonds is 1. The minimum absolute atomic E-state index is 0.0350. The number of carbonyl (C=O) groups excluding carboxylic acids is 1. The number of aromatic amines is 1. The molecule has 1 saturated heterocycles. The topological polar surface area (TPSA) is 58.2 Å². The van der Waals surface area contributed by atoms with Crippen molar-refractivity contribution in [3.8, 4) is 0 Å². The number of ether oxygens (including phenoxy) is 1. The first-order valence-electron chi connectivity index (χ1n) is 8.58. The van der Waals surface area contributed by atoms with Crippen molar-refractivity contribution in [2.24, 2.45) is 5.92 Å². The minimum Gasteiger partial charge on any atom is -0.444 e. The molecule has 1 aromatic heterocycles. The third-order valence-electron chi connectivity index (χ3n) is 4.99. The normalized spacial score (nSPS) is 26.3. The van der Waals surface area contributed by atoms with E-state index in [-0.39, 0.29) is 18.2 Å². The Bertz CT molecular complexity index is 795. The molecule has 1 N–H and O–H groups in total. The Kier molecular flexibility index (Phi) is 3.41. The van der Waals surface area contributed by atoms with E-state index in [1.807, 2.05) is 43.9 Å². The van der Waals surface area contributed by atoms with Gasteiger partial charge in [-0.1, -0.05) is 11.5 Å². The van der Waals surface area contributed by atoms with Crippen LogP contribution in [0.15, 0.2) is 18.2 Å². The Labute approximate surface area is 143 Å². The Balaban J connectivity index is 1.69. The first-order chi connectivity index (χ1) is 11.3. The summed E-state index contributed by atoms with van der Waals surface area (Å²) in [6.07, 6.45) is 2.98. The first kappa shape index (κ1) is 15.5. The number of benzene rings is 1. The smallest absolute Gasteiger partial charge is 0.411 e. The molecule has 24 heavy (non-hydrogen) atoms. The number of amides is 1. The maximum absolute atomic E-state index is 12.7. The van der Waals surface area contributed by atoms with E-state index in [9.17, 15) is 4.79 Å². The van der Waals surface area contributed by atoms with Gasteiger partial charge in [0.25, 0.3) is 0 Å². The maximum Gasteiger partial charge on any atom is 0.411 e. The highest BCUT2D eigenvalue weighted by atomic mass is 16.6. The second-order valence-electron chi connectivity index (χ2n) is 7.96. The summed E-state index contributed by atoms with van der Waals surface area (Å²) in [7, 11) is 5.86. The van der Waals surface area contributed by atoms with Gasteiger partial charge in [0.2, 0.25) is 0 Å². The van der Waals surface area contributed by atoms with Crippen LogP contribution in [0.4, 0.5) is 4.79 Å². The summed E-state index contributed by atoms with van der Waals surface area (Å²) in [5.74, 6) is 1.29. The number of fused-ring (bicyclic) bond motifs is 3. The quantitative estimate of drug-likeness (QED) is 0.821. The molecule has 124 valence electrons. The van der Waals surface area contributed by atoms with E-state index < -0.39 is 5.60 Å². The number of hydrogen-bond donors (Lipinski definition) is 1. The summed E-state index contributed by atoms with van der Waals surface area (Å²) < 4.78 is 5.64. The van der Waals surface area contributed by atoms with Gasteiger partial charge in [0.05, 0.1) is 17.1 Å². The monoisotopic (exact) mass is 323 g/mol. The molecule has 4 rings (SSSR count). The van der Waals surface area contributed by atoms with Crippen LogP contribution in [0, 0.1) is 5.92 Å². The highest BCUT2D eigenvalue weighted by Crippen LogP contribution is 2.50. The van der Waals surface area contributed by atoms with Crippen LogP contribution in [-0.4, -0.2) is 40.5 Å². The Morgan fingerprint density at radius 1 is 1.38 bits per heavy atom. The van der Waals surface area contributed by atoms with Gasteiger partial charge in [0, 0.05) is 6.04 Å². The number of piperidine rings is 1. The number of hydrogen-bond acceptors (Lipinski definition) is 3. The highest BCUT2D eigenvalue weighted by Gasteiger charge is 2.51. The van der Waals surface area contributed by atoms with E-state index >= 15 is 0 Å². The van der Waals surface area contributed by atoms with E-state index in [0.717, 1.165) is 36.1 Å². The van der Waals surface area contributed by atoms with E-state index in [2.05, 4.69) is 4.98 Å². The van der Waals surface area contributed by atoms with Gasteiger partial charge < -0.3 is 9.72 Å². The summed E-state index contributed by atoms with van der Waals surface area (Å²) >= 11 is 0. The van der Waals surface area contributed by atoms with Crippen LogP contribution in [0.5, 0.6) is 0 Å². The van der Waals surface area contributed by atoms with Crippen LogP contribution < -0.4 is 5.46 Å². The van der Waals surface area contributed by atoms with Crippen LogP contribution in [0.1, 0.15) is 51.9 Å². The molecule has 1 aliphatic heterocycles. The van der Waals surface area contributed by atoms with Crippen molar-refractivity contribution in [1.29, 1.82) is 0 Å². The van der Waals surface area contributed by atoms with Gasteiger partial charge in [-0.25, -0.2) is 9.78 Å². The Morgan fingerprint density at radius 2 is 2.17 bits per heavy atom. The molecule has 1 aromatic carbocycles.